The van der Waals surface area contributed by atoms with Crippen LogP contribution in [0.15, 0.2) is 47.3 Å². The lowest BCUT2D eigenvalue weighted by Crippen LogP contribution is -2.13. The molecule has 0 atom stereocenters. The van der Waals surface area contributed by atoms with Crippen molar-refractivity contribution in [2.75, 3.05) is 0 Å². The molecule has 0 aliphatic carbocycles. The number of hydrogen-bond acceptors (Lipinski definition) is 1. The molecule has 1 heterocycles. The van der Waals surface area contributed by atoms with Crippen molar-refractivity contribution < 1.29 is 22.0 Å². The van der Waals surface area contributed by atoms with E-state index in [4.69, 9.17) is 0 Å². The molecule has 0 aliphatic heterocycles. The maximum atomic E-state index is 13.8. The third-order valence-electron chi connectivity index (χ3n) is 3.41. The number of hydrogen-bond donors (Lipinski definition) is 1. The molecule has 0 spiro atoms. The van der Waals surface area contributed by atoms with Crippen molar-refractivity contribution in [1.29, 1.82) is 0 Å². The van der Waals surface area contributed by atoms with Gasteiger partial charge in [0.15, 0.2) is 11.6 Å². The average Bonchev–Trinajstić information content (AvgIpc) is 2.48. The van der Waals surface area contributed by atoms with Crippen LogP contribution in [-0.2, 0) is 6.18 Å². The lowest BCUT2D eigenvalue weighted by molar-refractivity contribution is -0.136. The lowest BCUT2D eigenvalue weighted by atomic mass is 10.00. The molecule has 118 valence electrons. The Morgan fingerprint density at radius 3 is 2.39 bits per heavy atom. The van der Waals surface area contributed by atoms with Gasteiger partial charge in [-0.2, -0.15) is 13.2 Å². The SMILES string of the molecule is O=c1cc(C(F)(F)F)c2cc(-c3cccc(F)c3F)ccc2[nH]1. The van der Waals surface area contributed by atoms with Crippen LogP contribution >= 0.6 is 0 Å². The number of H-pyrrole nitrogens is 1. The van der Waals surface area contributed by atoms with Crippen molar-refractivity contribution in [2.45, 2.75) is 6.18 Å². The quantitative estimate of drug-likeness (QED) is 0.657. The van der Waals surface area contributed by atoms with Crippen LogP contribution in [0.25, 0.3) is 22.0 Å². The van der Waals surface area contributed by atoms with E-state index in [9.17, 15) is 26.7 Å². The van der Waals surface area contributed by atoms with Crippen LogP contribution in [0.5, 0.6) is 0 Å². The van der Waals surface area contributed by atoms with Crippen molar-refractivity contribution in [3.63, 3.8) is 0 Å². The Hall–Kier alpha value is -2.70. The zero-order valence-electron chi connectivity index (χ0n) is 11.3. The van der Waals surface area contributed by atoms with Gasteiger partial charge in [-0.1, -0.05) is 18.2 Å². The van der Waals surface area contributed by atoms with Gasteiger partial charge in [-0.25, -0.2) is 8.78 Å². The molecule has 0 amide bonds. The summed E-state index contributed by atoms with van der Waals surface area (Å²) in [6.07, 6.45) is -4.74. The summed E-state index contributed by atoms with van der Waals surface area (Å²) in [5.41, 5.74) is -2.15. The van der Waals surface area contributed by atoms with Crippen molar-refractivity contribution in [3.8, 4) is 11.1 Å². The van der Waals surface area contributed by atoms with Crippen LogP contribution in [0, 0.1) is 11.6 Å². The molecule has 2 aromatic carbocycles. The van der Waals surface area contributed by atoms with Gasteiger partial charge in [0.05, 0.1) is 5.56 Å². The van der Waals surface area contributed by atoms with Gasteiger partial charge >= 0.3 is 6.18 Å². The van der Waals surface area contributed by atoms with Crippen molar-refractivity contribution in [2.24, 2.45) is 0 Å². The second-order valence-electron chi connectivity index (χ2n) is 4.91. The number of nitrogens with one attached hydrogen (secondary N) is 1. The summed E-state index contributed by atoms with van der Waals surface area (Å²) in [6.45, 7) is 0. The Morgan fingerprint density at radius 1 is 0.957 bits per heavy atom. The predicted molar refractivity (Wildman–Crippen MR) is 74.9 cm³/mol. The molecule has 0 radical (unpaired) electrons. The summed E-state index contributed by atoms with van der Waals surface area (Å²) in [6, 6.07) is 7.49. The van der Waals surface area contributed by atoms with Crippen LogP contribution in [0.3, 0.4) is 0 Å². The van der Waals surface area contributed by atoms with E-state index in [2.05, 4.69) is 4.98 Å². The number of benzene rings is 2. The zero-order valence-corrected chi connectivity index (χ0v) is 11.3. The molecule has 3 rings (SSSR count). The zero-order chi connectivity index (χ0) is 16.8. The van der Waals surface area contributed by atoms with Gasteiger partial charge in [-0.15, -0.1) is 0 Å². The van der Waals surface area contributed by atoms with Crippen LogP contribution in [0.1, 0.15) is 5.56 Å². The number of halogens is 5. The molecule has 0 fully saturated rings. The van der Waals surface area contributed by atoms with E-state index in [0.717, 1.165) is 12.1 Å². The van der Waals surface area contributed by atoms with Crippen molar-refractivity contribution in [1.82, 2.24) is 4.98 Å². The van der Waals surface area contributed by atoms with E-state index in [1.165, 1.54) is 24.3 Å². The summed E-state index contributed by atoms with van der Waals surface area (Å²) in [4.78, 5) is 13.6. The fourth-order valence-electron chi connectivity index (χ4n) is 2.38. The number of aromatic amines is 1. The highest BCUT2D eigenvalue weighted by Crippen LogP contribution is 2.35. The highest BCUT2D eigenvalue weighted by atomic mass is 19.4. The standard InChI is InChI=1S/C16H8F5NO/c17-12-3-1-2-9(15(12)18)8-4-5-13-10(6-8)11(16(19,20)21)7-14(23)22-13/h1-7H,(H,22,23). The summed E-state index contributed by atoms with van der Waals surface area (Å²) in [5, 5.41) is -0.293. The van der Waals surface area contributed by atoms with Crippen LogP contribution in [0.2, 0.25) is 0 Å². The molecular weight excluding hydrogens is 317 g/mol. The minimum Gasteiger partial charge on any atom is -0.322 e. The average molecular weight is 325 g/mol. The van der Waals surface area contributed by atoms with Gasteiger partial charge in [0.25, 0.3) is 0 Å². The maximum absolute atomic E-state index is 13.8. The van der Waals surface area contributed by atoms with Gasteiger partial charge in [-0.3, -0.25) is 4.79 Å². The third kappa shape index (κ3) is 2.69. The van der Waals surface area contributed by atoms with Gasteiger partial charge in [0.2, 0.25) is 5.56 Å². The summed E-state index contributed by atoms with van der Waals surface area (Å²) in [5.74, 6) is -2.25. The molecule has 0 bridgehead atoms. The van der Waals surface area contributed by atoms with Crippen LogP contribution in [-0.4, -0.2) is 4.98 Å². The second kappa shape index (κ2) is 5.19. The Kier molecular flexibility index (Phi) is 3.43. The van der Waals surface area contributed by atoms with Crippen LogP contribution in [0.4, 0.5) is 22.0 Å². The first-order valence-corrected chi connectivity index (χ1v) is 6.46. The molecule has 0 aliphatic rings. The summed E-state index contributed by atoms with van der Waals surface area (Å²) >= 11 is 0. The van der Waals surface area contributed by atoms with E-state index >= 15 is 0 Å². The van der Waals surface area contributed by atoms with Gasteiger partial charge in [-0.05, 0) is 23.8 Å². The molecule has 0 unspecified atom stereocenters. The number of rotatable bonds is 1. The van der Waals surface area contributed by atoms with E-state index in [1.807, 2.05) is 0 Å². The predicted octanol–water partition coefficient (Wildman–Crippen LogP) is 4.49. The first-order chi connectivity index (χ1) is 10.8. The van der Waals surface area contributed by atoms with Gasteiger partial charge in [0, 0.05) is 22.5 Å². The highest BCUT2D eigenvalue weighted by Gasteiger charge is 2.33. The Balaban J connectivity index is 2.32. The fraction of sp³-hybridized carbons (Fsp3) is 0.0625. The first-order valence-electron chi connectivity index (χ1n) is 6.46. The monoisotopic (exact) mass is 325 g/mol. The minimum absolute atomic E-state index is 0.0367. The molecule has 1 N–H and O–H groups in total. The number of alkyl halides is 3. The van der Waals surface area contributed by atoms with E-state index < -0.39 is 28.9 Å². The van der Waals surface area contributed by atoms with Crippen LogP contribution < -0.4 is 5.56 Å². The lowest BCUT2D eigenvalue weighted by Gasteiger charge is -2.11. The summed E-state index contributed by atoms with van der Waals surface area (Å²) in [7, 11) is 0. The number of aromatic nitrogens is 1. The van der Waals surface area contributed by atoms with E-state index in [1.54, 1.807) is 0 Å². The topological polar surface area (TPSA) is 32.9 Å². The van der Waals surface area contributed by atoms with Gasteiger partial charge in [0.1, 0.15) is 0 Å². The van der Waals surface area contributed by atoms with Crippen molar-refractivity contribution in [3.05, 3.63) is 70.0 Å². The third-order valence-corrected chi connectivity index (χ3v) is 3.41. The minimum atomic E-state index is -4.74. The number of fused-ring (bicyclic) bond motifs is 1. The normalized spacial score (nSPS) is 11.9. The van der Waals surface area contributed by atoms with Crippen molar-refractivity contribution >= 4 is 10.9 Å². The van der Waals surface area contributed by atoms with E-state index in [-0.39, 0.29) is 22.0 Å². The Labute approximate surface area is 126 Å². The molecule has 0 saturated carbocycles. The highest BCUT2D eigenvalue weighted by molar-refractivity contribution is 5.87. The summed E-state index contributed by atoms with van der Waals surface area (Å²) < 4.78 is 66.4. The molecule has 7 heteroatoms. The fourth-order valence-corrected chi connectivity index (χ4v) is 2.38. The Morgan fingerprint density at radius 2 is 1.70 bits per heavy atom. The molecule has 23 heavy (non-hydrogen) atoms. The maximum Gasteiger partial charge on any atom is 0.417 e. The Bertz CT molecular complexity index is 959. The largest absolute Gasteiger partial charge is 0.417 e. The molecular formula is C16H8F5NO. The molecule has 1 aromatic heterocycles. The number of pyridine rings is 1. The molecule has 0 saturated heterocycles. The van der Waals surface area contributed by atoms with E-state index in [0.29, 0.717) is 6.07 Å². The molecule has 2 nitrogen and oxygen atoms in total. The first kappa shape index (κ1) is 15.2. The van der Waals surface area contributed by atoms with Gasteiger partial charge < -0.3 is 4.98 Å². The second-order valence-corrected chi connectivity index (χ2v) is 4.91. The smallest absolute Gasteiger partial charge is 0.322 e. The molecule has 3 aromatic rings.